The zero-order chi connectivity index (χ0) is 19.7. The summed E-state index contributed by atoms with van der Waals surface area (Å²) in [6, 6.07) is 12.2. The monoisotopic (exact) mass is 403 g/mol. The summed E-state index contributed by atoms with van der Waals surface area (Å²) >= 11 is 1.26. The number of aromatic nitrogens is 2. The summed E-state index contributed by atoms with van der Waals surface area (Å²) < 4.78 is 38.4. The lowest BCUT2D eigenvalue weighted by molar-refractivity contribution is -0.137. The molecule has 1 amide bonds. The Balaban J connectivity index is 1.48. The quantitative estimate of drug-likeness (QED) is 0.467. The zero-order valence-corrected chi connectivity index (χ0v) is 15.5. The van der Waals surface area contributed by atoms with Crippen LogP contribution in [0.4, 0.5) is 18.9 Å². The minimum atomic E-state index is -4.45. The van der Waals surface area contributed by atoms with Crippen molar-refractivity contribution in [3.63, 3.8) is 0 Å². The van der Waals surface area contributed by atoms with Gasteiger partial charge in [0.25, 0.3) is 0 Å². The normalized spacial score (nSPS) is 14.2. The first-order valence-electron chi connectivity index (χ1n) is 8.77. The number of para-hydroxylation sites is 1. The summed E-state index contributed by atoms with van der Waals surface area (Å²) in [5.41, 5.74) is 0.153. The number of hydrogen-bond acceptors (Lipinski definition) is 4. The van der Waals surface area contributed by atoms with Gasteiger partial charge in [-0.1, -0.05) is 36.0 Å². The molecule has 1 N–H and O–H groups in total. The maximum Gasteiger partial charge on any atom is 0.416 e. The van der Waals surface area contributed by atoms with Gasteiger partial charge < -0.3 is 5.32 Å². The van der Waals surface area contributed by atoms with E-state index >= 15 is 0 Å². The molecule has 3 aromatic rings. The molecule has 2 aromatic carbocycles. The Morgan fingerprint density at radius 3 is 2.64 bits per heavy atom. The van der Waals surface area contributed by atoms with Crippen molar-refractivity contribution in [1.82, 2.24) is 9.97 Å². The highest BCUT2D eigenvalue weighted by Crippen LogP contribution is 2.39. The molecular weight excluding hydrogens is 387 g/mol. The number of amides is 1. The van der Waals surface area contributed by atoms with E-state index in [1.807, 2.05) is 24.3 Å². The minimum absolute atomic E-state index is 0.0430. The Labute approximate surface area is 163 Å². The van der Waals surface area contributed by atoms with Crippen LogP contribution in [-0.2, 0) is 11.0 Å². The number of carbonyl (C=O) groups is 1. The highest BCUT2D eigenvalue weighted by atomic mass is 32.2. The van der Waals surface area contributed by atoms with E-state index in [0.717, 1.165) is 41.7 Å². The number of rotatable bonds is 5. The number of halogens is 3. The molecule has 1 aliphatic carbocycles. The molecule has 0 atom stereocenters. The number of anilines is 1. The molecule has 8 heteroatoms. The third kappa shape index (κ3) is 4.27. The van der Waals surface area contributed by atoms with Crippen molar-refractivity contribution in [2.45, 2.75) is 30.0 Å². The Hall–Kier alpha value is -2.61. The van der Waals surface area contributed by atoms with Crippen LogP contribution in [0.3, 0.4) is 0 Å². The van der Waals surface area contributed by atoms with Crippen molar-refractivity contribution >= 4 is 34.3 Å². The van der Waals surface area contributed by atoms with Crippen molar-refractivity contribution in [1.29, 1.82) is 0 Å². The summed E-state index contributed by atoms with van der Waals surface area (Å²) in [6.07, 6.45) is -2.31. The van der Waals surface area contributed by atoms with Gasteiger partial charge in [-0.2, -0.15) is 13.2 Å². The molecule has 0 radical (unpaired) electrons. The van der Waals surface area contributed by atoms with Crippen LogP contribution < -0.4 is 5.32 Å². The summed E-state index contributed by atoms with van der Waals surface area (Å²) in [6.45, 7) is 0. The summed E-state index contributed by atoms with van der Waals surface area (Å²) in [5, 5.41) is 4.10. The van der Waals surface area contributed by atoms with Crippen LogP contribution in [0.15, 0.2) is 53.6 Å². The molecule has 0 saturated heterocycles. The largest absolute Gasteiger partial charge is 0.416 e. The maximum atomic E-state index is 12.8. The second kappa shape index (κ2) is 7.43. The van der Waals surface area contributed by atoms with E-state index < -0.39 is 11.7 Å². The number of hydrogen-bond donors (Lipinski definition) is 1. The second-order valence-corrected chi connectivity index (χ2v) is 7.56. The van der Waals surface area contributed by atoms with Crippen molar-refractivity contribution in [2.75, 3.05) is 11.1 Å². The number of thioether (sulfide) groups is 1. The number of alkyl halides is 3. The van der Waals surface area contributed by atoms with Crippen LogP contribution in [0, 0.1) is 0 Å². The van der Waals surface area contributed by atoms with E-state index in [0.29, 0.717) is 10.9 Å². The molecule has 4 nitrogen and oxygen atoms in total. The van der Waals surface area contributed by atoms with E-state index in [2.05, 4.69) is 15.3 Å². The van der Waals surface area contributed by atoms with Crippen molar-refractivity contribution in [2.24, 2.45) is 0 Å². The third-order valence-corrected chi connectivity index (χ3v) is 5.33. The second-order valence-electron chi connectivity index (χ2n) is 6.59. The fourth-order valence-electron chi connectivity index (χ4n) is 2.80. The van der Waals surface area contributed by atoms with E-state index in [4.69, 9.17) is 0 Å². The van der Waals surface area contributed by atoms with Gasteiger partial charge in [0.2, 0.25) is 5.91 Å². The average molecular weight is 403 g/mol. The average Bonchev–Trinajstić information content (AvgIpc) is 3.51. The first-order chi connectivity index (χ1) is 13.4. The molecule has 28 heavy (non-hydrogen) atoms. The number of carbonyl (C=O) groups excluding carboxylic acids is 1. The SMILES string of the molecule is O=C(CSc1nc(C2CC2)nc2ccccc12)Nc1cccc(C(F)(F)F)c1. The van der Waals surface area contributed by atoms with Gasteiger partial charge in [-0.25, -0.2) is 9.97 Å². The fraction of sp³-hybridized carbons (Fsp3) is 0.250. The molecule has 4 rings (SSSR count). The molecular formula is C20H16F3N3OS. The molecule has 1 aliphatic rings. The topological polar surface area (TPSA) is 54.9 Å². The lowest BCUT2D eigenvalue weighted by atomic mass is 10.2. The Morgan fingerprint density at radius 1 is 1.11 bits per heavy atom. The zero-order valence-electron chi connectivity index (χ0n) is 14.7. The van der Waals surface area contributed by atoms with Gasteiger partial charge in [-0.15, -0.1) is 0 Å². The van der Waals surface area contributed by atoms with E-state index in [1.54, 1.807) is 0 Å². The standard InChI is InChI=1S/C20H16F3N3OS/c21-20(22,23)13-4-3-5-14(10-13)24-17(27)11-28-19-15-6-1-2-7-16(15)25-18(26-19)12-8-9-12/h1-7,10,12H,8-9,11H2,(H,24,27). The smallest absolute Gasteiger partial charge is 0.325 e. The lowest BCUT2D eigenvalue weighted by Gasteiger charge is -2.10. The van der Waals surface area contributed by atoms with Crippen LogP contribution in [0.25, 0.3) is 10.9 Å². The molecule has 1 saturated carbocycles. The van der Waals surface area contributed by atoms with Crippen molar-refractivity contribution < 1.29 is 18.0 Å². The van der Waals surface area contributed by atoms with Gasteiger partial charge in [-0.05, 0) is 37.1 Å². The summed E-state index contributed by atoms with van der Waals surface area (Å²) in [5.74, 6) is 0.823. The van der Waals surface area contributed by atoms with E-state index in [1.165, 1.54) is 23.9 Å². The number of benzene rings is 2. The van der Waals surface area contributed by atoms with Gasteiger partial charge in [0.1, 0.15) is 10.9 Å². The first-order valence-corrected chi connectivity index (χ1v) is 9.75. The number of nitrogens with one attached hydrogen (secondary N) is 1. The predicted octanol–water partition coefficient (Wildman–Crippen LogP) is 5.26. The van der Waals surface area contributed by atoms with Crippen LogP contribution in [0.1, 0.15) is 30.1 Å². The number of fused-ring (bicyclic) bond motifs is 1. The van der Waals surface area contributed by atoms with Gasteiger partial charge in [0.15, 0.2) is 0 Å². The first kappa shape index (κ1) is 18.7. The summed E-state index contributed by atoms with van der Waals surface area (Å²) in [7, 11) is 0. The van der Waals surface area contributed by atoms with Gasteiger partial charge in [0, 0.05) is 17.0 Å². The van der Waals surface area contributed by atoms with Gasteiger partial charge in [-0.3, -0.25) is 4.79 Å². The fourth-order valence-corrected chi connectivity index (χ4v) is 3.63. The molecule has 0 bridgehead atoms. The molecule has 0 unspecified atom stereocenters. The minimum Gasteiger partial charge on any atom is -0.325 e. The molecule has 0 aliphatic heterocycles. The lowest BCUT2D eigenvalue weighted by Crippen LogP contribution is -2.15. The Morgan fingerprint density at radius 2 is 1.89 bits per heavy atom. The molecule has 1 aromatic heterocycles. The van der Waals surface area contributed by atoms with Crippen LogP contribution >= 0.6 is 11.8 Å². The maximum absolute atomic E-state index is 12.8. The van der Waals surface area contributed by atoms with Crippen molar-refractivity contribution in [3.05, 3.63) is 59.9 Å². The molecule has 1 heterocycles. The highest BCUT2D eigenvalue weighted by molar-refractivity contribution is 8.00. The summed E-state index contributed by atoms with van der Waals surface area (Å²) in [4.78, 5) is 21.5. The van der Waals surface area contributed by atoms with E-state index in [9.17, 15) is 18.0 Å². The van der Waals surface area contributed by atoms with E-state index in [-0.39, 0.29) is 17.3 Å². The van der Waals surface area contributed by atoms with Crippen molar-refractivity contribution in [3.8, 4) is 0 Å². The van der Waals surface area contributed by atoms with Crippen LogP contribution in [-0.4, -0.2) is 21.6 Å². The highest BCUT2D eigenvalue weighted by Gasteiger charge is 2.30. The Kier molecular flexibility index (Phi) is 4.97. The van der Waals surface area contributed by atoms with Gasteiger partial charge >= 0.3 is 6.18 Å². The molecule has 144 valence electrons. The Bertz CT molecular complexity index is 1030. The predicted molar refractivity (Wildman–Crippen MR) is 102 cm³/mol. The van der Waals surface area contributed by atoms with Gasteiger partial charge in [0.05, 0.1) is 16.8 Å². The van der Waals surface area contributed by atoms with Crippen LogP contribution in [0.2, 0.25) is 0 Å². The van der Waals surface area contributed by atoms with Crippen LogP contribution in [0.5, 0.6) is 0 Å². The third-order valence-electron chi connectivity index (χ3n) is 4.34. The number of nitrogens with zero attached hydrogens (tertiary/aromatic N) is 2. The molecule has 0 spiro atoms. The molecule has 1 fully saturated rings.